The summed E-state index contributed by atoms with van der Waals surface area (Å²) in [5.74, 6) is -0.677. The Morgan fingerprint density at radius 1 is 1.43 bits per heavy atom. The van der Waals surface area contributed by atoms with Crippen LogP contribution in [-0.2, 0) is 4.79 Å². The van der Waals surface area contributed by atoms with E-state index in [0.29, 0.717) is 10.9 Å². The van der Waals surface area contributed by atoms with E-state index in [0.717, 1.165) is 37.8 Å². The average Bonchev–Trinajstić information content (AvgIpc) is 2.45. The molecule has 0 saturated heterocycles. The van der Waals surface area contributed by atoms with Gasteiger partial charge in [-0.2, -0.15) is 0 Å². The highest BCUT2D eigenvalue weighted by Gasteiger charge is 2.26. The van der Waals surface area contributed by atoms with Crippen molar-refractivity contribution < 1.29 is 14.3 Å². The van der Waals surface area contributed by atoms with Gasteiger partial charge in [0.1, 0.15) is 5.82 Å². The predicted octanol–water partition coefficient (Wildman–Crippen LogP) is 4.02. The van der Waals surface area contributed by atoms with Crippen molar-refractivity contribution in [3.8, 4) is 0 Å². The Morgan fingerprint density at radius 3 is 2.67 bits per heavy atom. The molecule has 0 amide bonds. The molecule has 1 aromatic carbocycles. The largest absolute Gasteiger partial charge is 0.481 e. The number of aliphatic carboxylic acids is 1. The Labute approximate surface area is 129 Å². The normalized spacial score (nSPS) is 23.8. The maximum Gasteiger partial charge on any atom is 0.306 e. The fourth-order valence-corrected chi connectivity index (χ4v) is 3.25. The third kappa shape index (κ3) is 4.42. The lowest BCUT2D eigenvalue weighted by Crippen LogP contribution is -2.30. The molecule has 0 aliphatic heterocycles. The van der Waals surface area contributed by atoms with Crippen LogP contribution in [0.3, 0.4) is 0 Å². The molecule has 116 valence electrons. The Hall–Kier alpha value is -1.13. The summed E-state index contributed by atoms with van der Waals surface area (Å²) in [5.41, 5.74) is 0.886. The number of rotatable bonds is 5. The van der Waals surface area contributed by atoms with Crippen molar-refractivity contribution in [3.05, 3.63) is 34.6 Å². The van der Waals surface area contributed by atoms with E-state index >= 15 is 0 Å². The second-order valence-corrected chi connectivity index (χ2v) is 6.26. The summed E-state index contributed by atoms with van der Waals surface area (Å²) in [6.45, 7) is 2.84. The van der Waals surface area contributed by atoms with Crippen molar-refractivity contribution in [1.82, 2.24) is 5.32 Å². The zero-order chi connectivity index (χ0) is 15.4. The number of hydrogen-bond acceptors (Lipinski definition) is 2. The van der Waals surface area contributed by atoms with Crippen molar-refractivity contribution in [2.75, 3.05) is 6.54 Å². The molecule has 5 heteroatoms. The summed E-state index contributed by atoms with van der Waals surface area (Å²) in [4.78, 5) is 10.9. The lowest BCUT2D eigenvalue weighted by molar-refractivity contribution is -0.143. The number of nitrogens with one attached hydrogen (secondary N) is 1. The minimum atomic E-state index is -0.673. The molecule has 1 aromatic rings. The Balaban J connectivity index is 1.82. The van der Waals surface area contributed by atoms with Crippen molar-refractivity contribution in [1.29, 1.82) is 0 Å². The molecular formula is C16H21ClFNO2. The first kappa shape index (κ1) is 16.2. The molecule has 0 aromatic heterocycles. The fourth-order valence-electron chi connectivity index (χ4n) is 2.92. The van der Waals surface area contributed by atoms with Crippen LogP contribution in [0.15, 0.2) is 18.2 Å². The van der Waals surface area contributed by atoms with E-state index in [1.165, 1.54) is 12.1 Å². The van der Waals surface area contributed by atoms with E-state index in [1.807, 2.05) is 6.92 Å². The van der Waals surface area contributed by atoms with Crippen LogP contribution in [0.2, 0.25) is 5.02 Å². The van der Waals surface area contributed by atoms with Crippen molar-refractivity contribution in [2.24, 2.45) is 11.8 Å². The first-order valence-electron chi connectivity index (χ1n) is 7.38. The molecule has 2 N–H and O–H groups in total. The summed E-state index contributed by atoms with van der Waals surface area (Å²) in [6, 6.07) is 4.50. The van der Waals surface area contributed by atoms with Crippen LogP contribution in [0.1, 0.15) is 44.2 Å². The topological polar surface area (TPSA) is 49.3 Å². The number of carboxylic acids is 1. The van der Waals surface area contributed by atoms with Gasteiger partial charge in [-0.15, -0.1) is 0 Å². The van der Waals surface area contributed by atoms with Gasteiger partial charge in [0.25, 0.3) is 0 Å². The molecule has 3 nitrogen and oxygen atoms in total. The molecule has 2 rings (SSSR count). The lowest BCUT2D eigenvalue weighted by Gasteiger charge is -2.27. The van der Waals surface area contributed by atoms with Crippen LogP contribution in [0.25, 0.3) is 0 Å². The summed E-state index contributed by atoms with van der Waals surface area (Å²) < 4.78 is 13.0. The number of carboxylic acid groups (broad SMARTS) is 1. The molecule has 1 aliphatic rings. The standard InChI is InChI=1S/C16H21ClFNO2/c1-10(14-7-6-13(18)8-15(14)17)19-9-11-2-4-12(5-3-11)16(20)21/h6-8,10-12,19H,2-5,9H2,1H3,(H,20,21). The summed E-state index contributed by atoms with van der Waals surface area (Å²) in [6.07, 6.45) is 3.39. The van der Waals surface area contributed by atoms with Crippen molar-refractivity contribution in [3.63, 3.8) is 0 Å². The zero-order valence-electron chi connectivity index (χ0n) is 12.1. The smallest absolute Gasteiger partial charge is 0.306 e. The van der Waals surface area contributed by atoms with E-state index in [1.54, 1.807) is 6.07 Å². The van der Waals surface area contributed by atoms with Gasteiger partial charge in [-0.3, -0.25) is 4.79 Å². The number of carbonyl (C=O) groups is 1. The lowest BCUT2D eigenvalue weighted by atomic mass is 9.82. The van der Waals surface area contributed by atoms with Gasteiger partial charge in [0.05, 0.1) is 5.92 Å². The Bertz CT molecular complexity index is 501. The second-order valence-electron chi connectivity index (χ2n) is 5.85. The second kappa shape index (κ2) is 7.23. The minimum absolute atomic E-state index is 0.0512. The van der Waals surface area contributed by atoms with Crippen LogP contribution in [-0.4, -0.2) is 17.6 Å². The van der Waals surface area contributed by atoms with E-state index in [2.05, 4.69) is 5.32 Å². The molecule has 1 saturated carbocycles. The van der Waals surface area contributed by atoms with Crippen molar-refractivity contribution in [2.45, 2.75) is 38.6 Å². The third-order valence-electron chi connectivity index (χ3n) is 4.34. The fraction of sp³-hybridized carbons (Fsp3) is 0.562. The van der Waals surface area contributed by atoms with Crippen LogP contribution < -0.4 is 5.32 Å². The predicted molar refractivity (Wildman–Crippen MR) is 80.9 cm³/mol. The van der Waals surface area contributed by atoms with Crippen molar-refractivity contribution >= 4 is 17.6 Å². The van der Waals surface area contributed by atoms with Gasteiger partial charge in [0, 0.05) is 11.1 Å². The van der Waals surface area contributed by atoms with Crippen LogP contribution in [0, 0.1) is 17.7 Å². The zero-order valence-corrected chi connectivity index (χ0v) is 12.9. The van der Waals surface area contributed by atoms with E-state index in [-0.39, 0.29) is 17.8 Å². The highest BCUT2D eigenvalue weighted by Crippen LogP contribution is 2.29. The first-order chi connectivity index (χ1) is 9.97. The molecule has 21 heavy (non-hydrogen) atoms. The van der Waals surface area contributed by atoms with Crippen LogP contribution in [0.4, 0.5) is 4.39 Å². The van der Waals surface area contributed by atoms with E-state index in [4.69, 9.17) is 16.7 Å². The number of halogens is 2. The average molecular weight is 314 g/mol. The molecule has 0 bridgehead atoms. The molecule has 0 spiro atoms. The molecular weight excluding hydrogens is 293 g/mol. The monoisotopic (exact) mass is 313 g/mol. The molecule has 1 fully saturated rings. The molecule has 0 radical (unpaired) electrons. The number of hydrogen-bond donors (Lipinski definition) is 2. The van der Waals surface area contributed by atoms with Crippen LogP contribution in [0.5, 0.6) is 0 Å². The van der Waals surface area contributed by atoms with Gasteiger partial charge in [-0.1, -0.05) is 17.7 Å². The van der Waals surface area contributed by atoms with Gasteiger partial charge in [-0.05, 0) is 62.8 Å². The van der Waals surface area contributed by atoms with Crippen LogP contribution >= 0.6 is 11.6 Å². The third-order valence-corrected chi connectivity index (χ3v) is 4.67. The maximum atomic E-state index is 13.0. The summed E-state index contributed by atoms with van der Waals surface area (Å²) in [5, 5.41) is 12.8. The first-order valence-corrected chi connectivity index (χ1v) is 7.76. The highest BCUT2D eigenvalue weighted by atomic mass is 35.5. The van der Waals surface area contributed by atoms with E-state index in [9.17, 15) is 9.18 Å². The SMILES string of the molecule is CC(NCC1CCC(C(=O)O)CC1)c1ccc(F)cc1Cl. The Morgan fingerprint density at radius 2 is 2.10 bits per heavy atom. The molecule has 1 unspecified atom stereocenters. The molecule has 1 atom stereocenters. The quantitative estimate of drug-likeness (QED) is 0.863. The summed E-state index contributed by atoms with van der Waals surface area (Å²) >= 11 is 6.05. The van der Waals surface area contributed by atoms with Gasteiger partial charge < -0.3 is 10.4 Å². The van der Waals surface area contributed by atoms with Gasteiger partial charge in [0.2, 0.25) is 0 Å². The van der Waals surface area contributed by atoms with Gasteiger partial charge in [-0.25, -0.2) is 4.39 Å². The summed E-state index contributed by atoms with van der Waals surface area (Å²) in [7, 11) is 0. The van der Waals surface area contributed by atoms with E-state index < -0.39 is 5.97 Å². The van der Waals surface area contributed by atoms with Gasteiger partial charge >= 0.3 is 5.97 Å². The Kier molecular flexibility index (Phi) is 5.59. The minimum Gasteiger partial charge on any atom is -0.481 e. The molecule has 0 heterocycles. The number of benzene rings is 1. The highest BCUT2D eigenvalue weighted by molar-refractivity contribution is 6.31. The maximum absolute atomic E-state index is 13.0. The molecule has 1 aliphatic carbocycles. The van der Waals surface area contributed by atoms with Gasteiger partial charge in [0.15, 0.2) is 0 Å².